The van der Waals surface area contributed by atoms with Gasteiger partial charge in [-0.2, -0.15) is 0 Å². The first-order valence-corrected chi connectivity index (χ1v) is 5.98. The van der Waals surface area contributed by atoms with E-state index in [2.05, 4.69) is 4.98 Å². The van der Waals surface area contributed by atoms with Crippen LogP contribution in [-0.4, -0.2) is 24.5 Å². The number of para-hydroxylation sites is 1. The topological polar surface area (TPSA) is 48.4 Å². The Kier molecular flexibility index (Phi) is 4.36. The number of benzene rings is 1. The van der Waals surface area contributed by atoms with Crippen LogP contribution < -0.4 is 9.47 Å². The molecule has 0 unspecified atom stereocenters. The van der Waals surface area contributed by atoms with Gasteiger partial charge in [0.2, 0.25) is 5.78 Å². The molecule has 0 saturated heterocycles. The molecule has 1 aromatic carbocycles. The van der Waals surface area contributed by atoms with Gasteiger partial charge in [0, 0.05) is 12.3 Å². The number of carbonyl (C=O) groups excluding carboxylic acids is 1. The summed E-state index contributed by atoms with van der Waals surface area (Å²) in [5.74, 6) is 0.813. The number of nitrogens with zero attached hydrogens (tertiary/aromatic N) is 1. The van der Waals surface area contributed by atoms with Crippen molar-refractivity contribution in [2.24, 2.45) is 0 Å². The number of ketones is 1. The van der Waals surface area contributed by atoms with Crippen LogP contribution in [0.3, 0.4) is 0 Å². The fraction of sp³-hybridized carbons (Fsp3) is 0.143. The van der Waals surface area contributed by atoms with Crippen LogP contribution in [0.2, 0.25) is 5.02 Å². The van der Waals surface area contributed by atoms with Crippen LogP contribution >= 0.6 is 11.6 Å². The van der Waals surface area contributed by atoms with Crippen molar-refractivity contribution in [2.75, 3.05) is 13.7 Å². The van der Waals surface area contributed by atoms with E-state index in [0.717, 1.165) is 0 Å². The molecule has 1 heterocycles. The molecule has 0 atom stereocenters. The van der Waals surface area contributed by atoms with Gasteiger partial charge in [0.15, 0.2) is 6.61 Å². The monoisotopic (exact) mass is 277 g/mol. The number of ether oxygens (including phenoxy) is 2. The highest BCUT2D eigenvalue weighted by molar-refractivity contribution is 6.30. The minimum atomic E-state index is -0.169. The number of rotatable bonds is 5. The zero-order chi connectivity index (χ0) is 13.7. The minimum Gasteiger partial charge on any atom is -0.496 e. The van der Waals surface area contributed by atoms with Gasteiger partial charge in [-0.1, -0.05) is 23.7 Å². The normalized spacial score (nSPS) is 10.0. The Balaban J connectivity index is 2.05. The predicted molar refractivity (Wildman–Crippen MR) is 72.1 cm³/mol. The van der Waals surface area contributed by atoms with E-state index in [-0.39, 0.29) is 12.4 Å². The average molecular weight is 278 g/mol. The Bertz CT molecular complexity index is 586. The van der Waals surface area contributed by atoms with Gasteiger partial charge in [-0.3, -0.25) is 9.78 Å². The molecule has 0 N–H and O–H groups in total. The third kappa shape index (κ3) is 3.45. The first kappa shape index (κ1) is 13.4. The summed E-state index contributed by atoms with van der Waals surface area (Å²) in [6.07, 6.45) is 3.00. The maximum absolute atomic E-state index is 12.0. The number of halogens is 1. The van der Waals surface area contributed by atoms with Crippen LogP contribution in [0.1, 0.15) is 10.4 Å². The van der Waals surface area contributed by atoms with Crippen LogP contribution in [0.25, 0.3) is 0 Å². The molecule has 0 amide bonds. The number of carbonyl (C=O) groups is 1. The van der Waals surface area contributed by atoms with Gasteiger partial charge in [0.05, 0.1) is 23.9 Å². The smallest absolute Gasteiger partial charge is 0.203 e. The molecule has 1 aromatic heterocycles. The molecule has 4 nitrogen and oxygen atoms in total. The molecule has 0 fully saturated rings. The van der Waals surface area contributed by atoms with Crippen molar-refractivity contribution >= 4 is 17.4 Å². The standard InChI is InChI=1S/C14H12ClNO3/c1-18-14-5-3-2-4-12(14)13(17)9-19-11-6-10(15)7-16-8-11/h2-8H,9H2,1H3. The van der Waals surface area contributed by atoms with Crippen molar-refractivity contribution in [3.05, 3.63) is 53.3 Å². The number of hydrogen-bond acceptors (Lipinski definition) is 4. The van der Waals surface area contributed by atoms with Crippen molar-refractivity contribution in [2.45, 2.75) is 0 Å². The number of Topliss-reactive ketones (excluding diaryl/α,β-unsaturated/α-hetero) is 1. The van der Waals surface area contributed by atoms with E-state index in [0.29, 0.717) is 22.1 Å². The van der Waals surface area contributed by atoms with Gasteiger partial charge in [-0.25, -0.2) is 0 Å². The number of pyridine rings is 1. The Morgan fingerprint density at radius 1 is 1.32 bits per heavy atom. The van der Waals surface area contributed by atoms with E-state index in [4.69, 9.17) is 21.1 Å². The largest absolute Gasteiger partial charge is 0.496 e. The number of aromatic nitrogens is 1. The first-order chi connectivity index (χ1) is 9.20. The zero-order valence-corrected chi connectivity index (χ0v) is 11.1. The molecule has 5 heteroatoms. The Morgan fingerprint density at radius 2 is 2.11 bits per heavy atom. The van der Waals surface area contributed by atoms with E-state index >= 15 is 0 Å². The molecule has 0 aliphatic rings. The summed E-state index contributed by atoms with van der Waals surface area (Å²) in [4.78, 5) is 15.9. The second-order valence-corrected chi connectivity index (χ2v) is 4.19. The zero-order valence-electron chi connectivity index (χ0n) is 10.3. The van der Waals surface area contributed by atoms with E-state index in [1.165, 1.54) is 19.5 Å². The SMILES string of the molecule is COc1ccccc1C(=O)COc1cncc(Cl)c1. The van der Waals surface area contributed by atoms with Crippen LogP contribution in [0.4, 0.5) is 0 Å². The van der Waals surface area contributed by atoms with Gasteiger partial charge in [-0.15, -0.1) is 0 Å². The van der Waals surface area contributed by atoms with Gasteiger partial charge < -0.3 is 9.47 Å². The predicted octanol–water partition coefficient (Wildman–Crippen LogP) is 3.01. The maximum Gasteiger partial charge on any atom is 0.203 e. The molecule has 0 spiro atoms. The molecule has 98 valence electrons. The highest BCUT2D eigenvalue weighted by Gasteiger charge is 2.12. The second kappa shape index (κ2) is 6.20. The summed E-state index contributed by atoms with van der Waals surface area (Å²) in [5, 5.41) is 0.460. The van der Waals surface area contributed by atoms with Crippen LogP contribution in [0.5, 0.6) is 11.5 Å². The molecule has 2 aromatic rings. The summed E-state index contributed by atoms with van der Waals surface area (Å²) < 4.78 is 10.5. The molecular formula is C14H12ClNO3. The highest BCUT2D eigenvalue weighted by Crippen LogP contribution is 2.19. The molecular weight excluding hydrogens is 266 g/mol. The molecule has 0 bridgehead atoms. The second-order valence-electron chi connectivity index (χ2n) is 3.75. The lowest BCUT2D eigenvalue weighted by Gasteiger charge is -2.08. The minimum absolute atomic E-state index is 0.0948. The lowest BCUT2D eigenvalue weighted by atomic mass is 10.1. The molecule has 2 rings (SSSR count). The Hall–Kier alpha value is -2.07. The molecule has 0 aliphatic heterocycles. The Labute approximate surface area is 115 Å². The van der Waals surface area contributed by atoms with E-state index in [1.54, 1.807) is 30.3 Å². The lowest BCUT2D eigenvalue weighted by Crippen LogP contribution is -2.12. The van der Waals surface area contributed by atoms with Crippen LogP contribution in [0, 0.1) is 0 Å². The van der Waals surface area contributed by atoms with E-state index in [9.17, 15) is 4.79 Å². The summed E-state index contributed by atoms with van der Waals surface area (Å²) in [5.41, 5.74) is 0.486. The fourth-order valence-electron chi connectivity index (χ4n) is 1.57. The summed E-state index contributed by atoms with van der Waals surface area (Å²) in [6, 6.07) is 8.60. The van der Waals surface area contributed by atoms with E-state index in [1.807, 2.05) is 0 Å². The lowest BCUT2D eigenvalue weighted by molar-refractivity contribution is 0.0918. The van der Waals surface area contributed by atoms with Gasteiger partial charge in [0.25, 0.3) is 0 Å². The maximum atomic E-state index is 12.0. The third-order valence-corrected chi connectivity index (χ3v) is 2.66. The third-order valence-electron chi connectivity index (χ3n) is 2.46. The van der Waals surface area contributed by atoms with Crippen LogP contribution in [0.15, 0.2) is 42.7 Å². The molecule has 19 heavy (non-hydrogen) atoms. The number of methoxy groups -OCH3 is 1. The van der Waals surface area contributed by atoms with Gasteiger partial charge in [-0.05, 0) is 12.1 Å². The fourth-order valence-corrected chi connectivity index (χ4v) is 1.74. The molecule has 0 aliphatic carbocycles. The summed E-state index contributed by atoms with van der Waals surface area (Å²) in [7, 11) is 1.52. The first-order valence-electron chi connectivity index (χ1n) is 5.60. The quantitative estimate of drug-likeness (QED) is 0.788. The Morgan fingerprint density at radius 3 is 2.84 bits per heavy atom. The van der Waals surface area contributed by atoms with Crippen molar-refractivity contribution in [1.82, 2.24) is 4.98 Å². The van der Waals surface area contributed by atoms with E-state index < -0.39 is 0 Å². The highest BCUT2D eigenvalue weighted by atomic mass is 35.5. The van der Waals surface area contributed by atoms with Gasteiger partial charge in [0.1, 0.15) is 11.5 Å². The summed E-state index contributed by atoms with van der Waals surface area (Å²) >= 11 is 5.78. The van der Waals surface area contributed by atoms with Crippen molar-refractivity contribution in [3.63, 3.8) is 0 Å². The van der Waals surface area contributed by atoms with Crippen LogP contribution in [-0.2, 0) is 0 Å². The van der Waals surface area contributed by atoms with Crippen molar-refractivity contribution in [1.29, 1.82) is 0 Å². The van der Waals surface area contributed by atoms with Gasteiger partial charge >= 0.3 is 0 Å². The average Bonchev–Trinajstić information content (AvgIpc) is 2.45. The molecule has 0 saturated carbocycles. The van der Waals surface area contributed by atoms with Crippen molar-refractivity contribution in [3.8, 4) is 11.5 Å². The van der Waals surface area contributed by atoms with Crippen molar-refractivity contribution < 1.29 is 14.3 Å². The summed E-state index contributed by atoms with van der Waals surface area (Å²) in [6.45, 7) is -0.0948. The number of hydrogen-bond donors (Lipinski definition) is 0. The molecule has 0 radical (unpaired) electrons.